The number of carbonyl (C=O) groups is 1. The lowest BCUT2D eigenvalue weighted by atomic mass is 10.2. The smallest absolute Gasteiger partial charge is 0.241 e. The van der Waals surface area contributed by atoms with Crippen molar-refractivity contribution in [3.63, 3.8) is 0 Å². The lowest BCUT2D eigenvalue weighted by Crippen LogP contribution is -2.45. The first-order chi connectivity index (χ1) is 12.9. The molecule has 2 N–H and O–H groups in total. The van der Waals surface area contributed by atoms with Crippen LogP contribution in [0.4, 0.5) is 0 Å². The minimum absolute atomic E-state index is 0. The lowest BCUT2D eigenvalue weighted by Gasteiger charge is -2.19. The molecule has 1 amide bonds. The predicted molar refractivity (Wildman–Crippen MR) is 129 cm³/mol. The van der Waals surface area contributed by atoms with Crippen molar-refractivity contribution < 1.29 is 9.53 Å². The second-order valence-electron chi connectivity index (χ2n) is 6.51. The van der Waals surface area contributed by atoms with Crippen molar-refractivity contribution in [3.05, 3.63) is 34.3 Å². The molecule has 160 valence electrons. The van der Waals surface area contributed by atoms with Crippen LogP contribution in [0.25, 0.3) is 0 Å². The Hall–Kier alpha value is -0.910. The van der Waals surface area contributed by atoms with Crippen LogP contribution in [-0.4, -0.2) is 82.7 Å². The molecule has 0 fully saturated rings. The summed E-state index contributed by atoms with van der Waals surface area (Å²) < 4.78 is 6.12. The van der Waals surface area contributed by atoms with Gasteiger partial charge in [0.05, 0.1) is 13.1 Å². The molecule has 0 radical (unpaired) electrons. The summed E-state index contributed by atoms with van der Waals surface area (Å²) in [5, 5.41) is 6.41. The molecule has 0 atom stereocenters. The highest BCUT2D eigenvalue weighted by Crippen LogP contribution is 2.11. The Labute approximate surface area is 194 Å². The summed E-state index contributed by atoms with van der Waals surface area (Å²) in [5.41, 5.74) is 1.11. The van der Waals surface area contributed by atoms with E-state index in [1.54, 1.807) is 26.1 Å². The second kappa shape index (κ2) is 15.9. The van der Waals surface area contributed by atoms with Crippen LogP contribution in [0.3, 0.4) is 0 Å². The summed E-state index contributed by atoms with van der Waals surface area (Å²) in [6.07, 6.45) is 1.01. The first-order valence-corrected chi connectivity index (χ1v) is 9.86. The van der Waals surface area contributed by atoms with Gasteiger partial charge in [-0.3, -0.25) is 4.79 Å². The van der Waals surface area contributed by atoms with Gasteiger partial charge >= 0.3 is 0 Å². The lowest BCUT2D eigenvalue weighted by molar-refractivity contribution is -0.127. The first kappa shape index (κ1) is 27.1. The van der Waals surface area contributed by atoms with E-state index in [1.165, 1.54) is 0 Å². The van der Waals surface area contributed by atoms with Crippen LogP contribution in [-0.2, 0) is 16.1 Å². The SMILES string of the molecule is COCCCN(C)CCNC(=NCc1ccc(Br)cc1)NCC(=O)N(C)C.I. The Balaban J connectivity index is 0.00000729. The third kappa shape index (κ3) is 12.5. The largest absolute Gasteiger partial charge is 0.385 e. The summed E-state index contributed by atoms with van der Waals surface area (Å²) in [5.74, 6) is 0.642. The fourth-order valence-corrected chi connectivity index (χ4v) is 2.47. The number of halogens is 2. The number of ether oxygens (including phenoxy) is 1. The van der Waals surface area contributed by atoms with E-state index in [0.717, 1.165) is 42.7 Å². The quantitative estimate of drug-likeness (QED) is 0.185. The van der Waals surface area contributed by atoms with Gasteiger partial charge in [0, 0.05) is 51.9 Å². The van der Waals surface area contributed by atoms with Crippen molar-refractivity contribution in [3.8, 4) is 0 Å². The normalized spacial score (nSPS) is 11.1. The molecule has 0 aromatic heterocycles. The Morgan fingerprint density at radius 2 is 1.82 bits per heavy atom. The van der Waals surface area contributed by atoms with Crippen LogP contribution in [0.2, 0.25) is 0 Å². The van der Waals surface area contributed by atoms with E-state index in [9.17, 15) is 4.79 Å². The molecule has 0 heterocycles. The predicted octanol–water partition coefficient (Wildman–Crippen LogP) is 2.16. The molecular weight excluding hydrogens is 537 g/mol. The molecular formula is C19H33BrIN5O2. The van der Waals surface area contributed by atoms with Gasteiger partial charge in [-0.05, 0) is 31.2 Å². The zero-order valence-electron chi connectivity index (χ0n) is 17.2. The number of carbonyl (C=O) groups excluding carboxylic acids is 1. The minimum Gasteiger partial charge on any atom is -0.385 e. The summed E-state index contributed by atoms with van der Waals surface area (Å²) in [7, 11) is 7.28. The molecule has 28 heavy (non-hydrogen) atoms. The van der Waals surface area contributed by atoms with Crippen LogP contribution in [0.15, 0.2) is 33.7 Å². The molecule has 1 rings (SSSR count). The van der Waals surface area contributed by atoms with Gasteiger partial charge in [0.15, 0.2) is 5.96 Å². The number of benzene rings is 1. The van der Waals surface area contributed by atoms with Gasteiger partial charge in [-0.15, -0.1) is 24.0 Å². The number of hydrogen-bond acceptors (Lipinski definition) is 4. The molecule has 1 aromatic carbocycles. The van der Waals surface area contributed by atoms with Gasteiger partial charge in [0.25, 0.3) is 0 Å². The van der Waals surface area contributed by atoms with E-state index in [0.29, 0.717) is 12.5 Å². The van der Waals surface area contributed by atoms with E-state index in [-0.39, 0.29) is 36.4 Å². The standard InChI is InChI=1S/C19H32BrN5O2.HI/c1-24(2)18(26)15-23-19(21-10-12-25(3)11-5-13-27-4)22-14-16-6-8-17(20)9-7-16;/h6-9H,5,10-15H2,1-4H3,(H2,21,22,23);1H. The van der Waals surface area contributed by atoms with E-state index in [4.69, 9.17) is 4.74 Å². The van der Waals surface area contributed by atoms with Gasteiger partial charge in [0.2, 0.25) is 5.91 Å². The van der Waals surface area contributed by atoms with Crippen molar-refractivity contribution in [2.45, 2.75) is 13.0 Å². The average molecular weight is 570 g/mol. The zero-order chi connectivity index (χ0) is 20.1. The van der Waals surface area contributed by atoms with Crippen molar-refractivity contribution in [2.75, 3.05) is 61.0 Å². The second-order valence-corrected chi connectivity index (χ2v) is 7.43. The number of likely N-dealkylation sites (N-methyl/N-ethyl adjacent to an activating group) is 2. The molecule has 0 saturated heterocycles. The highest BCUT2D eigenvalue weighted by atomic mass is 127. The molecule has 0 aliphatic rings. The van der Waals surface area contributed by atoms with Crippen LogP contribution in [0.5, 0.6) is 0 Å². The Kier molecular flexibility index (Phi) is 15.4. The molecule has 0 saturated carbocycles. The average Bonchev–Trinajstić information content (AvgIpc) is 2.64. The first-order valence-electron chi connectivity index (χ1n) is 9.06. The maximum Gasteiger partial charge on any atom is 0.241 e. The van der Waals surface area contributed by atoms with Crippen molar-refractivity contribution in [1.29, 1.82) is 0 Å². The number of methoxy groups -OCH3 is 1. The molecule has 7 nitrogen and oxygen atoms in total. The summed E-state index contributed by atoms with van der Waals surface area (Å²) in [6.45, 7) is 4.13. The third-order valence-corrected chi connectivity index (χ3v) is 4.44. The number of rotatable bonds is 11. The molecule has 9 heteroatoms. The van der Waals surface area contributed by atoms with E-state index in [2.05, 4.69) is 43.5 Å². The molecule has 0 spiro atoms. The van der Waals surface area contributed by atoms with Crippen molar-refractivity contribution in [1.82, 2.24) is 20.4 Å². The van der Waals surface area contributed by atoms with Gasteiger partial charge in [-0.1, -0.05) is 28.1 Å². The highest BCUT2D eigenvalue weighted by molar-refractivity contribution is 14.0. The molecule has 0 bridgehead atoms. The van der Waals surface area contributed by atoms with Gasteiger partial charge in [-0.25, -0.2) is 4.99 Å². The number of hydrogen-bond donors (Lipinski definition) is 2. The summed E-state index contributed by atoms with van der Waals surface area (Å²) >= 11 is 3.43. The Morgan fingerprint density at radius 3 is 2.43 bits per heavy atom. The Morgan fingerprint density at radius 1 is 1.14 bits per heavy atom. The molecule has 1 aromatic rings. The zero-order valence-corrected chi connectivity index (χ0v) is 21.1. The Bertz CT molecular complexity index is 584. The summed E-state index contributed by atoms with van der Waals surface area (Å²) in [4.78, 5) is 20.2. The number of amides is 1. The molecule has 0 unspecified atom stereocenters. The fourth-order valence-electron chi connectivity index (χ4n) is 2.21. The maximum atomic E-state index is 11.8. The third-order valence-electron chi connectivity index (χ3n) is 3.91. The number of aliphatic imine (C=N–C) groups is 1. The van der Waals surface area contributed by atoms with E-state index >= 15 is 0 Å². The summed E-state index contributed by atoms with van der Waals surface area (Å²) in [6, 6.07) is 8.05. The van der Waals surface area contributed by atoms with Gasteiger partial charge in [0.1, 0.15) is 0 Å². The van der Waals surface area contributed by atoms with Crippen molar-refractivity contribution in [2.24, 2.45) is 4.99 Å². The monoisotopic (exact) mass is 569 g/mol. The fraction of sp³-hybridized carbons (Fsp3) is 0.579. The van der Waals surface area contributed by atoms with E-state index < -0.39 is 0 Å². The van der Waals surface area contributed by atoms with Crippen LogP contribution < -0.4 is 10.6 Å². The minimum atomic E-state index is 0. The van der Waals surface area contributed by atoms with E-state index in [1.807, 2.05) is 24.3 Å². The number of nitrogens with zero attached hydrogens (tertiary/aromatic N) is 3. The number of guanidine groups is 1. The van der Waals surface area contributed by atoms with Crippen LogP contribution >= 0.6 is 39.9 Å². The number of nitrogens with one attached hydrogen (secondary N) is 2. The topological polar surface area (TPSA) is 69.2 Å². The van der Waals surface area contributed by atoms with Gasteiger partial charge < -0.3 is 25.2 Å². The van der Waals surface area contributed by atoms with Crippen LogP contribution in [0, 0.1) is 0 Å². The molecule has 0 aliphatic carbocycles. The highest BCUT2D eigenvalue weighted by Gasteiger charge is 2.06. The van der Waals surface area contributed by atoms with Crippen LogP contribution in [0.1, 0.15) is 12.0 Å². The maximum absolute atomic E-state index is 11.8. The molecule has 0 aliphatic heterocycles. The van der Waals surface area contributed by atoms with Gasteiger partial charge in [-0.2, -0.15) is 0 Å². The van der Waals surface area contributed by atoms with Crippen molar-refractivity contribution >= 4 is 51.8 Å².